The van der Waals surface area contributed by atoms with Crippen molar-refractivity contribution in [3.05, 3.63) is 24.0 Å². The van der Waals surface area contributed by atoms with E-state index in [1.807, 2.05) is 16.8 Å². The molecular formula is C11H18N2O2. The standard InChI is InChI=1S/C11H18N2O2/c1-3-6-13-7-4-5-10(13)11(15)12-8-9(2)14/h4-5,7,9,14H,3,6,8H2,1-2H3,(H,12,15). The van der Waals surface area contributed by atoms with Crippen LogP contribution in [-0.2, 0) is 6.54 Å². The summed E-state index contributed by atoms with van der Waals surface area (Å²) in [6.07, 6.45) is 2.37. The Bertz CT molecular complexity index is 318. The summed E-state index contributed by atoms with van der Waals surface area (Å²) in [5.41, 5.74) is 0.650. The average Bonchev–Trinajstić information content (AvgIpc) is 2.63. The molecule has 0 aliphatic carbocycles. The summed E-state index contributed by atoms with van der Waals surface area (Å²) in [6, 6.07) is 3.64. The fourth-order valence-electron chi connectivity index (χ4n) is 1.39. The van der Waals surface area contributed by atoms with Gasteiger partial charge in [0.1, 0.15) is 5.69 Å². The Labute approximate surface area is 89.9 Å². The molecule has 0 saturated heterocycles. The van der Waals surface area contributed by atoms with Gasteiger partial charge in [-0.15, -0.1) is 0 Å². The van der Waals surface area contributed by atoms with Gasteiger partial charge in [-0.25, -0.2) is 0 Å². The van der Waals surface area contributed by atoms with Crippen LogP contribution in [0.25, 0.3) is 0 Å². The highest BCUT2D eigenvalue weighted by Crippen LogP contribution is 2.03. The molecule has 1 amide bonds. The third-order valence-corrected chi connectivity index (χ3v) is 2.08. The predicted octanol–water partition coefficient (Wildman–Crippen LogP) is 1.01. The Kier molecular flexibility index (Phi) is 4.37. The number of aliphatic hydroxyl groups is 1. The van der Waals surface area contributed by atoms with Gasteiger partial charge in [0.05, 0.1) is 6.10 Å². The lowest BCUT2D eigenvalue weighted by molar-refractivity contribution is 0.0914. The molecule has 4 heteroatoms. The topological polar surface area (TPSA) is 54.3 Å². The molecule has 1 aromatic rings. The second kappa shape index (κ2) is 5.56. The van der Waals surface area contributed by atoms with E-state index in [9.17, 15) is 4.79 Å². The first-order valence-corrected chi connectivity index (χ1v) is 5.26. The molecule has 84 valence electrons. The Morgan fingerprint density at radius 1 is 1.67 bits per heavy atom. The van der Waals surface area contributed by atoms with Gasteiger partial charge in [-0.1, -0.05) is 6.92 Å². The van der Waals surface area contributed by atoms with Gasteiger partial charge in [-0.2, -0.15) is 0 Å². The van der Waals surface area contributed by atoms with Gasteiger partial charge in [0.25, 0.3) is 5.91 Å². The van der Waals surface area contributed by atoms with E-state index in [0.717, 1.165) is 13.0 Å². The van der Waals surface area contributed by atoms with E-state index in [0.29, 0.717) is 5.69 Å². The summed E-state index contributed by atoms with van der Waals surface area (Å²) in [6.45, 7) is 4.84. The monoisotopic (exact) mass is 210 g/mol. The maximum atomic E-state index is 11.7. The minimum absolute atomic E-state index is 0.130. The van der Waals surface area contributed by atoms with Crippen molar-refractivity contribution >= 4 is 5.91 Å². The molecule has 0 radical (unpaired) electrons. The number of carbonyl (C=O) groups excluding carboxylic acids is 1. The molecule has 0 spiro atoms. The fourth-order valence-corrected chi connectivity index (χ4v) is 1.39. The highest BCUT2D eigenvalue weighted by molar-refractivity contribution is 5.92. The molecule has 1 aromatic heterocycles. The van der Waals surface area contributed by atoms with Crippen molar-refractivity contribution in [3.63, 3.8) is 0 Å². The van der Waals surface area contributed by atoms with Crippen molar-refractivity contribution < 1.29 is 9.90 Å². The number of nitrogens with zero attached hydrogens (tertiary/aromatic N) is 1. The predicted molar refractivity (Wildman–Crippen MR) is 58.7 cm³/mol. The Balaban J connectivity index is 2.60. The smallest absolute Gasteiger partial charge is 0.267 e. The number of aromatic nitrogens is 1. The number of aryl methyl sites for hydroxylation is 1. The number of rotatable bonds is 5. The lowest BCUT2D eigenvalue weighted by Crippen LogP contribution is -2.31. The van der Waals surface area contributed by atoms with Crippen LogP contribution in [0.2, 0.25) is 0 Å². The summed E-state index contributed by atoms with van der Waals surface area (Å²) < 4.78 is 1.91. The zero-order chi connectivity index (χ0) is 11.3. The van der Waals surface area contributed by atoms with Gasteiger partial charge in [-0.3, -0.25) is 4.79 Å². The molecule has 2 N–H and O–H groups in total. The van der Waals surface area contributed by atoms with Crippen LogP contribution >= 0.6 is 0 Å². The molecular weight excluding hydrogens is 192 g/mol. The molecule has 1 heterocycles. The van der Waals surface area contributed by atoms with Crippen LogP contribution in [-0.4, -0.2) is 28.2 Å². The number of nitrogens with one attached hydrogen (secondary N) is 1. The number of aliphatic hydroxyl groups excluding tert-OH is 1. The summed E-state index contributed by atoms with van der Waals surface area (Å²) in [7, 11) is 0. The fraction of sp³-hybridized carbons (Fsp3) is 0.545. The van der Waals surface area contributed by atoms with Crippen molar-refractivity contribution in [2.24, 2.45) is 0 Å². The summed E-state index contributed by atoms with van der Waals surface area (Å²) in [4.78, 5) is 11.7. The Hall–Kier alpha value is -1.29. The van der Waals surface area contributed by atoms with Gasteiger partial charge >= 0.3 is 0 Å². The lowest BCUT2D eigenvalue weighted by Gasteiger charge is -2.09. The number of hydrogen-bond acceptors (Lipinski definition) is 2. The lowest BCUT2D eigenvalue weighted by atomic mass is 10.3. The number of hydrogen-bond donors (Lipinski definition) is 2. The van der Waals surface area contributed by atoms with Crippen molar-refractivity contribution in [1.29, 1.82) is 0 Å². The second-order valence-electron chi connectivity index (χ2n) is 3.65. The minimum atomic E-state index is -0.511. The maximum Gasteiger partial charge on any atom is 0.267 e. The zero-order valence-corrected chi connectivity index (χ0v) is 9.23. The SMILES string of the molecule is CCCn1cccc1C(=O)NCC(C)O. The van der Waals surface area contributed by atoms with E-state index in [-0.39, 0.29) is 12.5 Å². The summed E-state index contributed by atoms with van der Waals surface area (Å²) in [5.74, 6) is -0.130. The van der Waals surface area contributed by atoms with E-state index in [1.54, 1.807) is 13.0 Å². The van der Waals surface area contributed by atoms with Crippen molar-refractivity contribution in [2.45, 2.75) is 32.9 Å². The third kappa shape index (κ3) is 3.40. The molecule has 0 fully saturated rings. The number of amides is 1. The van der Waals surface area contributed by atoms with Crippen LogP contribution in [0.15, 0.2) is 18.3 Å². The summed E-state index contributed by atoms with van der Waals surface area (Å²) in [5, 5.41) is 11.7. The van der Waals surface area contributed by atoms with Crippen molar-refractivity contribution in [3.8, 4) is 0 Å². The largest absolute Gasteiger partial charge is 0.392 e. The molecule has 1 unspecified atom stereocenters. The van der Waals surface area contributed by atoms with Crippen LogP contribution in [0.3, 0.4) is 0 Å². The van der Waals surface area contributed by atoms with Crippen LogP contribution in [0.4, 0.5) is 0 Å². The maximum absolute atomic E-state index is 11.7. The Morgan fingerprint density at radius 2 is 2.40 bits per heavy atom. The average molecular weight is 210 g/mol. The molecule has 4 nitrogen and oxygen atoms in total. The van der Waals surface area contributed by atoms with E-state index < -0.39 is 6.10 Å². The van der Waals surface area contributed by atoms with Crippen molar-refractivity contribution in [2.75, 3.05) is 6.54 Å². The van der Waals surface area contributed by atoms with Crippen molar-refractivity contribution in [1.82, 2.24) is 9.88 Å². The first kappa shape index (κ1) is 11.8. The first-order valence-electron chi connectivity index (χ1n) is 5.26. The molecule has 0 aliphatic heterocycles. The number of carbonyl (C=O) groups is 1. The van der Waals surface area contributed by atoms with E-state index in [2.05, 4.69) is 12.2 Å². The van der Waals surface area contributed by atoms with E-state index in [4.69, 9.17) is 5.11 Å². The second-order valence-corrected chi connectivity index (χ2v) is 3.65. The Morgan fingerprint density at radius 3 is 3.00 bits per heavy atom. The van der Waals surface area contributed by atoms with Crippen LogP contribution in [0.1, 0.15) is 30.8 Å². The molecule has 0 aromatic carbocycles. The van der Waals surface area contributed by atoms with Crippen LogP contribution in [0, 0.1) is 0 Å². The molecule has 0 bridgehead atoms. The van der Waals surface area contributed by atoms with Gasteiger partial charge in [0.15, 0.2) is 0 Å². The quantitative estimate of drug-likeness (QED) is 0.762. The van der Waals surface area contributed by atoms with Crippen LogP contribution < -0.4 is 5.32 Å². The van der Waals surface area contributed by atoms with E-state index >= 15 is 0 Å². The normalized spacial score (nSPS) is 12.5. The third-order valence-electron chi connectivity index (χ3n) is 2.08. The minimum Gasteiger partial charge on any atom is -0.392 e. The zero-order valence-electron chi connectivity index (χ0n) is 9.23. The highest BCUT2D eigenvalue weighted by atomic mass is 16.3. The molecule has 0 saturated carbocycles. The molecule has 0 aliphatic rings. The summed E-state index contributed by atoms with van der Waals surface area (Å²) >= 11 is 0. The molecule has 1 atom stereocenters. The molecule has 1 rings (SSSR count). The van der Waals surface area contributed by atoms with Gasteiger partial charge in [-0.05, 0) is 25.5 Å². The van der Waals surface area contributed by atoms with Crippen LogP contribution in [0.5, 0.6) is 0 Å². The van der Waals surface area contributed by atoms with E-state index in [1.165, 1.54) is 0 Å². The van der Waals surface area contributed by atoms with Gasteiger partial charge in [0.2, 0.25) is 0 Å². The molecule has 15 heavy (non-hydrogen) atoms. The van der Waals surface area contributed by atoms with Gasteiger partial charge in [0, 0.05) is 19.3 Å². The highest BCUT2D eigenvalue weighted by Gasteiger charge is 2.10. The van der Waals surface area contributed by atoms with Gasteiger partial charge < -0.3 is 15.0 Å². The first-order chi connectivity index (χ1) is 7.15.